The van der Waals surface area contributed by atoms with Crippen LogP contribution >= 0.6 is 23.5 Å². The molecule has 0 unspecified atom stereocenters. The lowest BCUT2D eigenvalue weighted by molar-refractivity contribution is 0.0691. The molecule has 1 heterocycles. The number of benzene rings is 2. The molecule has 0 bridgehead atoms. The van der Waals surface area contributed by atoms with Gasteiger partial charge in [-0.25, -0.2) is 4.79 Å². The fourth-order valence-corrected chi connectivity index (χ4v) is 4.77. The number of carboxylic acids is 1. The van der Waals surface area contributed by atoms with Crippen LogP contribution < -0.4 is 5.73 Å². The Morgan fingerprint density at radius 3 is 2.00 bits per heavy atom. The van der Waals surface area contributed by atoms with E-state index in [1.54, 1.807) is 12.1 Å². The van der Waals surface area contributed by atoms with Gasteiger partial charge in [-0.05, 0) is 35.2 Å². The van der Waals surface area contributed by atoms with Gasteiger partial charge in [0, 0.05) is 19.6 Å². The number of nitrogens with two attached hydrogens (primary N) is 1. The standard InChI is InChI=1S/C18H17NO3S2/c1-18(2,3)9-4-5-12-13(6-9)24-15-8-11(17(21)22)10(16(19)20)7-14(15)23-12/h4-8H,1-3H3,(H2,19,20)(H,21,22). The van der Waals surface area contributed by atoms with E-state index in [1.165, 1.54) is 29.1 Å². The lowest BCUT2D eigenvalue weighted by atomic mass is 9.87. The Balaban J connectivity index is 2.09. The van der Waals surface area contributed by atoms with Crippen LogP contribution in [0, 0.1) is 0 Å². The lowest BCUT2D eigenvalue weighted by Crippen LogP contribution is -2.17. The van der Waals surface area contributed by atoms with Crippen molar-refractivity contribution in [1.82, 2.24) is 0 Å². The van der Waals surface area contributed by atoms with Crippen molar-refractivity contribution in [2.75, 3.05) is 0 Å². The maximum Gasteiger partial charge on any atom is 0.336 e. The van der Waals surface area contributed by atoms with E-state index >= 15 is 0 Å². The summed E-state index contributed by atoms with van der Waals surface area (Å²) in [4.78, 5) is 26.9. The third-order valence-corrected chi connectivity index (χ3v) is 6.34. The molecule has 1 aliphatic rings. The van der Waals surface area contributed by atoms with Gasteiger partial charge >= 0.3 is 5.97 Å². The highest BCUT2D eigenvalue weighted by atomic mass is 32.2. The van der Waals surface area contributed by atoms with Crippen molar-refractivity contribution >= 4 is 35.4 Å². The monoisotopic (exact) mass is 359 g/mol. The molecule has 0 saturated carbocycles. The van der Waals surface area contributed by atoms with E-state index in [0.29, 0.717) is 0 Å². The van der Waals surface area contributed by atoms with Crippen LogP contribution in [0.5, 0.6) is 0 Å². The minimum Gasteiger partial charge on any atom is -0.478 e. The second-order valence-electron chi connectivity index (χ2n) is 6.63. The summed E-state index contributed by atoms with van der Waals surface area (Å²) < 4.78 is 0. The first-order chi connectivity index (χ1) is 11.2. The Morgan fingerprint density at radius 2 is 1.46 bits per heavy atom. The van der Waals surface area contributed by atoms with Crippen LogP contribution in [0.4, 0.5) is 0 Å². The topological polar surface area (TPSA) is 80.4 Å². The van der Waals surface area contributed by atoms with Crippen LogP contribution in [-0.4, -0.2) is 17.0 Å². The van der Waals surface area contributed by atoms with Crippen molar-refractivity contribution in [2.45, 2.75) is 45.8 Å². The molecule has 124 valence electrons. The average molecular weight is 359 g/mol. The SMILES string of the molecule is CC(C)(C)c1ccc2c(c1)Sc1cc(C(=O)O)c(C(N)=O)cc1S2. The van der Waals surface area contributed by atoms with Gasteiger partial charge in [0.2, 0.25) is 5.91 Å². The van der Waals surface area contributed by atoms with E-state index in [-0.39, 0.29) is 16.5 Å². The van der Waals surface area contributed by atoms with Crippen LogP contribution in [0.25, 0.3) is 0 Å². The molecule has 0 radical (unpaired) electrons. The molecule has 2 aromatic carbocycles. The van der Waals surface area contributed by atoms with Crippen LogP contribution in [0.15, 0.2) is 49.9 Å². The van der Waals surface area contributed by atoms with Gasteiger partial charge in [-0.15, -0.1) is 0 Å². The van der Waals surface area contributed by atoms with E-state index in [4.69, 9.17) is 5.73 Å². The summed E-state index contributed by atoms with van der Waals surface area (Å²) in [6.07, 6.45) is 0. The maximum atomic E-state index is 11.6. The lowest BCUT2D eigenvalue weighted by Gasteiger charge is -2.24. The molecule has 1 aliphatic heterocycles. The summed E-state index contributed by atoms with van der Waals surface area (Å²) >= 11 is 3.06. The zero-order valence-corrected chi connectivity index (χ0v) is 15.2. The van der Waals surface area contributed by atoms with Gasteiger partial charge in [-0.3, -0.25) is 4.79 Å². The molecular formula is C18H17NO3S2. The van der Waals surface area contributed by atoms with Crippen LogP contribution in [-0.2, 0) is 5.41 Å². The van der Waals surface area contributed by atoms with Gasteiger partial charge < -0.3 is 10.8 Å². The molecule has 0 aliphatic carbocycles. The van der Waals surface area contributed by atoms with Crippen molar-refractivity contribution in [1.29, 1.82) is 0 Å². The molecule has 24 heavy (non-hydrogen) atoms. The normalized spacial score (nSPS) is 13.1. The zero-order valence-electron chi connectivity index (χ0n) is 13.5. The maximum absolute atomic E-state index is 11.6. The molecule has 1 amide bonds. The number of amides is 1. The fourth-order valence-electron chi connectivity index (χ4n) is 2.48. The summed E-state index contributed by atoms with van der Waals surface area (Å²) in [6, 6.07) is 9.46. The Morgan fingerprint density at radius 1 is 0.917 bits per heavy atom. The van der Waals surface area contributed by atoms with E-state index in [0.717, 1.165) is 19.6 Å². The molecule has 0 aromatic heterocycles. The number of aromatic carboxylic acids is 1. The summed E-state index contributed by atoms with van der Waals surface area (Å²) in [6.45, 7) is 6.47. The van der Waals surface area contributed by atoms with E-state index < -0.39 is 11.9 Å². The largest absolute Gasteiger partial charge is 0.478 e. The van der Waals surface area contributed by atoms with E-state index in [2.05, 4.69) is 39.0 Å². The van der Waals surface area contributed by atoms with Gasteiger partial charge in [-0.2, -0.15) is 0 Å². The third-order valence-electron chi connectivity index (χ3n) is 3.83. The average Bonchev–Trinajstić information content (AvgIpc) is 2.49. The highest BCUT2D eigenvalue weighted by Crippen LogP contribution is 2.50. The van der Waals surface area contributed by atoms with Gasteiger partial charge in [-0.1, -0.05) is 50.4 Å². The Labute approximate surface area is 148 Å². The Hall–Kier alpha value is -1.92. The Bertz CT molecular complexity index is 869. The number of hydrogen-bond donors (Lipinski definition) is 2. The summed E-state index contributed by atoms with van der Waals surface area (Å²) in [5, 5.41) is 9.34. The number of rotatable bonds is 2. The molecule has 4 nitrogen and oxygen atoms in total. The molecule has 0 saturated heterocycles. The molecular weight excluding hydrogens is 342 g/mol. The summed E-state index contributed by atoms with van der Waals surface area (Å²) in [5.41, 5.74) is 6.59. The van der Waals surface area contributed by atoms with Crippen molar-refractivity contribution < 1.29 is 14.7 Å². The molecule has 0 fully saturated rings. The zero-order chi connectivity index (χ0) is 17.6. The van der Waals surface area contributed by atoms with Crippen molar-refractivity contribution in [3.63, 3.8) is 0 Å². The van der Waals surface area contributed by atoms with Crippen molar-refractivity contribution in [2.24, 2.45) is 5.73 Å². The molecule has 0 atom stereocenters. The van der Waals surface area contributed by atoms with Crippen molar-refractivity contribution in [3.05, 3.63) is 47.0 Å². The number of carboxylic acid groups (broad SMARTS) is 1. The summed E-state index contributed by atoms with van der Waals surface area (Å²) in [5.74, 6) is -1.87. The minimum atomic E-state index is -1.15. The molecule has 0 spiro atoms. The quantitative estimate of drug-likeness (QED) is 0.709. The molecule has 6 heteroatoms. The highest BCUT2D eigenvalue weighted by Gasteiger charge is 2.25. The first-order valence-electron chi connectivity index (χ1n) is 7.38. The number of carbonyl (C=O) groups excluding carboxylic acids is 1. The second kappa shape index (κ2) is 5.86. The number of fused-ring (bicyclic) bond motifs is 2. The van der Waals surface area contributed by atoms with Gasteiger partial charge in [0.05, 0.1) is 11.1 Å². The van der Waals surface area contributed by atoms with Gasteiger partial charge in [0.15, 0.2) is 0 Å². The fraction of sp³-hybridized carbons (Fsp3) is 0.222. The molecule has 3 rings (SSSR count). The molecule has 3 N–H and O–H groups in total. The van der Waals surface area contributed by atoms with Crippen LogP contribution in [0.3, 0.4) is 0 Å². The Kier molecular flexibility index (Phi) is 4.13. The first kappa shape index (κ1) is 16.9. The number of carbonyl (C=O) groups is 2. The predicted octanol–water partition coefficient (Wildman–Crippen LogP) is 4.40. The molecule has 2 aromatic rings. The smallest absolute Gasteiger partial charge is 0.336 e. The van der Waals surface area contributed by atoms with Gasteiger partial charge in [0.1, 0.15) is 0 Å². The second-order valence-corrected chi connectivity index (χ2v) is 8.80. The van der Waals surface area contributed by atoms with Crippen LogP contribution in [0.1, 0.15) is 47.1 Å². The van der Waals surface area contributed by atoms with Gasteiger partial charge in [0.25, 0.3) is 0 Å². The van der Waals surface area contributed by atoms with E-state index in [1.807, 2.05) is 0 Å². The minimum absolute atomic E-state index is 0.0442. The van der Waals surface area contributed by atoms with Crippen LogP contribution in [0.2, 0.25) is 0 Å². The first-order valence-corrected chi connectivity index (χ1v) is 9.01. The van der Waals surface area contributed by atoms with Crippen molar-refractivity contribution in [3.8, 4) is 0 Å². The number of primary amides is 1. The highest BCUT2D eigenvalue weighted by molar-refractivity contribution is 8.05. The van der Waals surface area contributed by atoms with E-state index in [9.17, 15) is 14.7 Å². The third kappa shape index (κ3) is 3.03. The summed E-state index contributed by atoms with van der Waals surface area (Å²) in [7, 11) is 0. The number of hydrogen-bond acceptors (Lipinski definition) is 4. The predicted molar refractivity (Wildman–Crippen MR) is 95.3 cm³/mol.